The molecule has 0 amide bonds. The van der Waals surface area contributed by atoms with Gasteiger partial charge in [0.15, 0.2) is 0 Å². The Balaban J connectivity index is 1.77. The number of anilines is 1. The van der Waals surface area contributed by atoms with E-state index in [1.165, 1.54) is 25.7 Å². The van der Waals surface area contributed by atoms with Crippen LogP contribution >= 0.6 is 0 Å². The van der Waals surface area contributed by atoms with Gasteiger partial charge in [0.05, 0.1) is 0 Å². The summed E-state index contributed by atoms with van der Waals surface area (Å²) >= 11 is 0. The number of aromatic nitrogens is 2. The summed E-state index contributed by atoms with van der Waals surface area (Å²) in [5, 5.41) is 3.68. The highest BCUT2D eigenvalue weighted by Crippen LogP contribution is 2.30. The summed E-state index contributed by atoms with van der Waals surface area (Å²) < 4.78 is 0. The highest BCUT2D eigenvalue weighted by atomic mass is 15.3. The fraction of sp³-hybridized carbons (Fsp3) is 0.692. The van der Waals surface area contributed by atoms with Gasteiger partial charge in [0.2, 0.25) is 5.95 Å². The van der Waals surface area contributed by atoms with Gasteiger partial charge in [-0.25, -0.2) is 9.97 Å². The molecule has 2 saturated heterocycles. The summed E-state index contributed by atoms with van der Waals surface area (Å²) in [7, 11) is 0. The average Bonchev–Trinajstić information content (AvgIpc) is 2.71. The molecule has 0 aliphatic carbocycles. The van der Waals surface area contributed by atoms with Crippen molar-refractivity contribution in [2.75, 3.05) is 11.4 Å². The van der Waals surface area contributed by atoms with Crippen molar-refractivity contribution in [3.05, 3.63) is 18.5 Å². The molecule has 0 saturated carbocycles. The average molecular weight is 232 g/mol. The third-order valence-electron chi connectivity index (χ3n) is 4.04. The van der Waals surface area contributed by atoms with Crippen LogP contribution in [-0.2, 0) is 0 Å². The summed E-state index contributed by atoms with van der Waals surface area (Å²) in [5.74, 6) is 0.890. The lowest BCUT2D eigenvalue weighted by Gasteiger charge is -2.37. The minimum Gasteiger partial charge on any atom is -0.338 e. The van der Waals surface area contributed by atoms with Crippen LogP contribution in [-0.4, -0.2) is 34.6 Å². The van der Waals surface area contributed by atoms with E-state index in [2.05, 4.69) is 27.1 Å². The minimum absolute atomic E-state index is 0.612. The molecule has 3 rings (SSSR count). The van der Waals surface area contributed by atoms with E-state index in [9.17, 15) is 0 Å². The molecule has 0 spiro atoms. The molecule has 2 aliphatic rings. The predicted octanol–water partition coefficient (Wildman–Crippen LogP) is 1.59. The van der Waals surface area contributed by atoms with Crippen molar-refractivity contribution in [3.63, 3.8) is 0 Å². The number of hydrogen-bond donors (Lipinski definition) is 1. The van der Waals surface area contributed by atoms with Crippen molar-refractivity contribution in [3.8, 4) is 0 Å². The zero-order chi connectivity index (χ0) is 11.7. The largest absolute Gasteiger partial charge is 0.338 e. The Morgan fingerprint density at radius 3 is 2.47 bits per heavy atom. The maximum Gasteiger partial charge on any atom is 0.225 e. The third kappa shape index (κ3) is 2.14. The lowest BCUT2D eigenvalue weighted by atomic mass is 9.98. The van der Waals surface area contributed by atoms with Gasteiger partial charge in [-0.15, -0.1) is 0 Å². The second kappa shape index (κ2) is 4.61. The number of nitrogens with one attached hydrogen (secondary N) is 1. The predicted molar refractivity (Wildman–Crippen MR) is 68.0 cm³/mol. The van der Waals surface area contributed by atoms with E-state index in [-0.39, 0.29) is 0 Å². The first-order chi connectivity index (χ1) is 8.36. The molecular formula is C13H20N4. The maximum atomic E-state index is 4.39. The standard InChI is InChI=1S/C13H20N4/c1-2-17(13-14-6-3-7-15-13)12-8-10-4-5-11(9-12)16-10/h3,6-7,10-12,16H,2,4-5,8-9H2,1H3. The van der Waals surface area contributed by atoms with Gasteiger partial charge in [0.25, 0.3) is 0 Å². The third-order valence-corrected chi connectivity index (χ3v) is 4.04. The van der Waals surface area contributed by atoms with Gasteiger partial charge >= 0.3 is 0 Å². The van der Waals surface area contributed by atoms with E-state index in [4.69, 9.17) is 0 Å². The summed E-state index contributed by atoms with van der Waals surface area (Å²) in [4.78, 5) is 11.1. The van der Waals surface area contributed by atoms with Crippen molar-refractivity contribution < 1.29 is 0 Å². The van der Waals surface area contributed by atoms with E-state index in [1.54, 1.807) is 0 Å². The zero-order valence-corrected chi connectivity index (χ0v) is 10.3. The molecule has 0 aromatic carbocycles. The lowest BCUT2D eigenvalue weighted by molar-refractivity contribution is 0.346. The first kappa shape index (κ1) is 11.0. The fourth-order valence-corrected chi connectivity index (χ4v) is 3.28. The number of rotatable bonds is 3. The van der Waals surface area contributed by atoms with Gasteiger partial charge in [-0.2, -0.15) is 0 Å². The minimum atomic E-state index is 0.612. The Morgan fingerprint density at radius 2 is 1.88 bits per heavy atom. The molecule has 2 atom stereocenters. The number of piperidine rings is 1. The van der Waals surface area contributed by atoms with Gasteiger partial charge < -0.3 is 10.2 Å². The van der Waals surface area contributed by atoms with Crippen LogP contribution in [0.4, 0.5) is 5.95 Å². The van der Waals surface area contributed by atoms with Crippen LogP contribution in [0.15, 0.2) is 18.5 Å². The van der Waals surface area contributed by atoms with Crippen LogP contribution in [0.2, 0.25) is 0 Å². The Kier molecular flexibility index (Phi) is 2.97. The van der Waals surface area contributed by atoms with Gasteiger partial charge in [0, 0.05) is 37.1 Å². The summed E-state index contributed by atoms with van der Waals surface area (Å²) in [5.41, 5.74) is 0. The number of nitrogens with zero attached hydrogens (tertiary/aromatic N) is 3. The van der Waals surface area contributed by atoms with Crippen molar-refractivity contribution >= 4 is 5.95 Å². The quantitative estimate of drug-likeness (QED) is 0.859. The van der Waals surface area contributed by atoms with Crippen molar-refractivity contribution in [2.24, 2.45) is 0 Å². The van der Waals surface area contributed by atoms with Crippen LogP contribution in [0, 0.1) is 0 Å². The Hall–Kier alpha value is -1.16. The normalized spacial score (nSPS) is 31.5. The second-order valence-electron chi connectivity index (χ2n) is 5.10. The molecule has 17 heavy (non-hydrogen) atoms. The number of hydrogen-bond acceptors (Lipinski definition) is 4. The molecular weight excluding hydrogens is 212 g/mol. The smallest absolute Gasteiger partial charge is 0.225 e. The molecule has 1 N–H and O–H groups in total. The Labute approximate surface area is 102 Å². The molecule has 2 aliphatic heterocycles. The van der Waals surface area contributed by atoms with E-state index in [1.807, 2.05) is 18.5 Å². The molecule has 1 aromatic rings. The van der Waals surface area contributed by atoms with E-state index in [0.717, 1.165) is 24.6 Å². The Bertz CT molecular complexity index is 355. The first-order valence-corrected chi connectivity index (χ1v) is 6.66. The first-order valence-electron chi connectivity index (χ1n) is 6.66. The molecule has 0 radical (unpaired) electrons. The molecule has 3 heterocycles. The zero-order valence-electron chi connectivity index (χ0n) is 10.3. The monoisotopic (exact) mass is 232 g/mol. The molecule has 92 valence electrons. The highest BCUT2D eigenvalue weighted by molar-refractivity contribution is 5.31. The molecule has 2 bridgehead atoms. The van der Waals surface area contributed by atoms with Crippen molar-refractivity contribution in [1.29, 1.82) is 0 Å². The highest BCUT2D eigenvalue weighted by Gasteiger charge is 2.36. The molecule has 2 unspecified atom stereocenters. The van der Waals surface area contributed by atoms with E-state index in [0.29, 0.717) is 6.04 Å². The van der Waals surface area contributed by atoms with Gasteiger partial charge in [-0.3, -0.25) is 0 Å². The fourth-order valence-electron chi connectivity index (χ4n) is 3.28. The van der Waals surface area contributed by atoms with Crippen LogP contribution < -0.4 is 10.2 Å². The van der Waals surface area contributed by atoms with Crippen LogP contribution in [0.25, 0.3) is 0 Å². The Morgan fingerprint density at radius 1 is 1.24 bits per heavy atom. The van der Waals surface area contributed by atoms with E-state index < -0.39 is 0 Å². The maximum absolute atomic E-state index is 4.39. The topological polar surface area (TPSA) is 41.1 Å². The summed E-state index contributed by atoms with van der Waals surface area (Å²) in [6.07, 6.45) is 8.83. The van der Waals surface area contributed by atoms with Gasteiger partial charge in [-0.1, -0.05) is 0 Å². The summed E-state index contributed by atoms with van der Waals surface area (Å²) in [6, 6.07) is 3.93. The van der Waals surface area contributed by atoms with Crippen molar-refractivity contribution in [1.82, 2.24) is 15.3 Å². The number of fused-ring (bicyclic) bond motifs is 2. The lowest BCUT2D eigenvalue weighted by Crippen LogP contribution is -2.48. The van der Waals surface area contributed by atoms with Gasteiger partial charge in [0.1, 0.15) is 0 Å². The SMILES string of the molecule is CCN(c1ncccn1)C1CC2CCC(C1)N2. The van der Waals surface area contributed by atoms with Crippen molar-refractivity contribution in [2.45, 2.75) is 50.7 Å². The second-order valence-corrected chi connectivity index (χ2v) is 5.10. The molecule has 2 fully saturated rings. The molecule has 1 aromatic heterocycles. The molecule has 4 heteroatoms. The van der Waals surface area contributed by atoms with Gasteiger partial charge in [-0.05, 0) is 38.7 Å². The van der Waals surface area contributed by atoms with Crippen LogP contribution in [0.5, 0.6) is 0 Å². The van der Waals surface area contributed by atoms with Crippen LogP contribution in [0.1, 0.15) is 32.6 Å². The molecule has 4 nitrogen and oxygen atoms in total. The van der Waals surface area contributed by atoms with Crippen LogP contribution in [0.3, 0.4) is 0 Å². The summed E-state index contributed by atoms with van der Waals surface area (Å²) in [6.45, 7) is 3.19. The van der Waals surface area contributed by atoms with E-state index >= 15 is 0 Å².